The highest BCUT2D eigenvalue weighted by Gasteiger charge is 2.32. The first kappa shape index (κ1) is 14.6. The Morgan fingerprint density at radius 3 is 2.37 bits per heavy atom. The Kier molecular flexibility index (Phi) is 5.09. The Balaban J connectivity index is 2.14. The minimum Gasteiger partial charge on any atom is -0.464 e. The molecule has 1 saturated carbocycles. The van der Waals surface area contributed by atoms with Crippen LogP contribution in [0.4, 0.5) is 0 Å². The third-order valence-corrected chi connectivity index (χ3v) is 4.45. The Hall–Kier alpha value is -0.760. The average Bonchev–Trinajstić information content (AvgIpc) is 2.83. The van der Waals surface area contributed by atoms with Gasteiger partial charge >= 0.3 is 0 Å². The predicted octanol–water partition coefficient (Wildman–Crippen LogP) is 4.56. The molecule has 0 spiro atoms. The van der Waals surface area contributed by atoms with Crippen molar-refractivity contribution in [3.8, 4) is 0 Å². The van der Waals surface area contributed by atoms with E-state index in [-0.39, 0.29) is 0 Å². The van der Waals surface area contributed by atoms with Crippen LogP contribution in [0, 0.1) is 17.8 Å². The second kappa shape index (κ2) is 6.60. The third kappa shape index (κ3) is 3.62. The molecule has 1 heterocycles. The Bertz CT molecular complexity index is 374. The predicted molar refractivity (Wildman–Crippen MR) is 80.2 cm³/mol. The van der Waals surface area contributed by atoms with Gasteiger partial charge in [-0.15, -0.1) is 0 Å². The van der Waals surface area contributed by atoms with Crippen LogP contribution >= 0.6 is 0 Å². The van der Waals surface area contributed by atoms with Crippen LogP contribution in [0.3, 0.4) is 0 Å². The first-order valence-corrected chi connectivity index (χ1v) is 7.96. The van der Waals surface area contributed by atoms with E-state index < -0.39 is 0 Å². The minimum absolute atomic E-state index is 0.399. The number of furan rings is 1. The van der Waals surface area contributed by atoms with E-state index in [1.54, 1.807) is 0 Å². The lowest BCUT2D eigenvalue weighted by Crippen LogP contribution is -2.33. The first-order chi connectivity index (χ1) is 9.13. The molecule has 0 aromatic carbocycles. The monoisotopic (exact) mass is 263 g/mol. The number of hydrogen-bond acceptors (Lipinski definition) is 2. The van der Waals surface area contributed by atoms with Crippen molar-refractivity contribution in [2.45, 2.75) is 59.4 Å². The summed E-state index contributed by atoms with van der Waals surface area (Å²) >= 11 is 0. The van der Waals surface area contributed by atoms with Crippen LogP contribution in [-0.4, -0.2) is 6.54 Å². The molecule has 2 nitrogen and oxygen atoms in total. The smallest absolute Gasteiger partial charge is 0.121 e. The summed E-state index contributed by atoms with van der Waals surface area (Å²) in [6.07, 6.45) is 5.01. The van der Waals surface area contributed by atoms with Crippen molar-refractivity contribution < 1.29 is 4.42 Å². The molecule has 3 atom stereocenters. The van der Waals surface area contributed by atoms with E-state index in [9.17, 15) is 0 Å². The van der Waals surface area contributed by atoms with Gasteiger partial charge in [0.1, 0.15) is 11.5 Å². The molecule has 0 saturated heterocycles. The molecule has 108 valence electrons. The summed E-state index contributed by atoms with van der Waals surface area (Å²) in [6, 6.07) is 4.71. The van der Waals surface area contributed by atoms with Crippen LogP contribution in [0.15, 0.2) is 16.5 Å². The zero-order chi connectivity index (χ0) is 13.8. The van der Waals surface area contributed by atoms with Gasteiger partial charge in [0.15, 0.2) is 0 Å². The van der Waals surface area contributed by atoms with Crippen LogP contribution in [0.5, 0.6) is 0 Å². The van der Waals surface area contributed by atoms with Gasteiger partial charge in [-0.3, -0.25) is 0 Å². The fourth-order valence-electron chi connectivity index (χ4n) is 3.75. The summed E-state index contributed by atoms with van der Waals surface area (Å²) in [5.74, 6) is 4.65. The van der Waals surface area contributed by atoms with Gasteiger partial charge < -0.3 is 9.73 Å². The van der Waals surface area contributed by atoms with Gasteiger partial charge in [0, 0.05) is 6.42 Å². The topological polar surface area (TPSA) is 25.2 Å². The largest absolute Gasteiger partial charge is 0.464 e. The third-order valence-electron chi connectivity index (χ3n) is 4.45. The molecule has 1 aliphatic rings. The molecule has 1 N–H and O–H groups in total. The van der Waals surface area contributed by atoms with E-state index in [0.717, 1.165) is 42.2 Å². The number of nitrogens with one attached hydrogen (secondary N) is 1. The highest BCUT2D eigenvalue weighted by molar-refractivity contribution is 5.12. The van der Waals surface area contributed by atoms with Gasteiger partial charge in [-0.2, -0.15) is 0 Å². The van der Waals surface area contributed by atoms with E-state index in [0.29, 0.717) is 6.04 Å². The lowest BCUT2D eigenvalue weighted by molar-refractivity contribution is 0.164. The molecule has 1 fully saturated rings. The molecule has 0 amide bonds. The summed E-state index contributed by atoms with van der Waals surface area (Å²) in [4.78, 5) is 0. The maximum Gasteiger partial charge on any atom is 0.121 e. The van der Waals surface area contributed by atoms with Gasteiger partial charge in [-0.1, -0.05) is 27.7 Å². The molecular formula is C17H29NO. The van der Waals surface area contributed by atoms with Crippen LogP contribution < -0.4 is 5.32 Å². The van der Waals surface area contributed by atoms with Gasteiger partial charge in [0.05, 0.1) is 6.04 Å². The molecule has 0 bridgehead atoms. The SMILES string of the molecule is CCNC(c1ccc(CC)o1)C1CC(C)CC(C)C1. The molecule has 19 heavy (non-hydrogen) atoms. The van der Waals surface area contributed by atoms with E-state index in [1.165, 1.54) is 19.3 Å². The lowest BCUT2D eigenvalue weighted by Gasteiger charge is -2.36. The van der Waals surface area contributed by atoms with Crippen molar-refractivity contribution >= 4 is 0 Å². The summed E-state index contributed by atoms with van der Waals surface area (Å²) in [6.45, 7) is 10.1. The van der Waals surface area contributed by atoms with Gasteiger partial charge in [-0.25, -0.2) is 0 Å². The van der Waals surface area contributed by atoms with E-state index in [2.05, 4.69) is 45.1 Å². The first-order valence-electron chi connectivity index (χ1n) is 7.96. The molecule has 0 radical (unpaired) electrons. The maximum atomic E-state index is 6.01. The van der Waals surface area contributed by atoms with Crippen molar-refractivity contribution in [3.05, 3.63) is 23.7 Å². The van der Waals surface area contributed by atoms with Crippen molar-refractivity contribution in [2.75, 3.05) is 6.54 Å². The van der Waals surface area contributed by atoms with Crippen LogP contribution in [0.25, 0.3) is 0 Å². The Morgan fingerprint density at radius 1 is 1.16 bits per heavy atom. The second-order valence-corrected chi connectivity index (χ2v) is 6.37. The quantitative estimate of drug-likeness (QED) is 0.842. The zero-order valence-electron chi connectivity index (χ0n) is 12.9. The molecule has 1 aliphatic carbocycles. The highest BCUT2D eigenvalue weighted by Crippen LogP contribution is 2.40. The zero-order valence-corrected chi connectivity index (χ0v) is 12.9. The van der Waals surface area contributed by atoms with Crippen LogP contribution in [0.1, 0.15) is 64.5 Å². The fraction of sp³-hybridized carbons (Fsp3) is 0.765. The summed E-state index contributed by atoms with van der Waals surface area (Å²) in [5, 5.41) is 3.65. The lowest BCUT2D eigenvalue weighted by atomic mass is 9.73. The minimum atomic E-state index is 0.399. The fourth-order valence-corrected chi connectivity index (χ4v) is 3.75. The summed E-state index contributed by atoms with van der Waals surface area (Å²) in [5.41, 5.74) is 0. The molecule has 2 heteroatoms. The van der Waals surface area contributed by atoms with Crippen molar-refractivity contribution in [1.29, 1.82) is 0 Å². The maximum absolute atomic E-state index is 6.01. The average molecular weight is 263 g/mol. The summed E-state index contributed by atoms with van der Waals surface area (Å²) < 4.78 is 6.01. The van der Waals surface area contributed by atoms with Crippen LogP contribution in [-0.2, 0) is 6.42 Å². The standard InChI is InChI=1S/C17H29NO/c1-5-15-7-8-16(19-15)17(18-6-2)14-10-12(3)9-13(4)11-14/h7-8,12-14,17-18H,5-6,9-11H2,1-4H3. The summed E-state index contributed by atoms with van der Waals surface area (Å²) in [7, 11) is 0. The Morgan fingerprint density at radius 2 is 1.84 bits per heavy atom. The number of rotatable bonds is 5. The Labute approximate surface area is 118 Å². The van der Waals surface area contributed by atoms with Gasteiger partial charge in [0.25, 0.3) is 0 Å². The van der Waals surface area contributed by atoms with Crippen molar-refractivity contribution in [2.24, 2.45) is 17.8 Å². The van der Waals surface area contributed by atoms with E-state index in [1.807, 2.05) is 0 Å². The number of hydrogen-bond donors (Lipinski definition) is 1. The molecule has 3 unspecified atom stereocenters. The van der Waals surface area contributed by atoms with Gasteiger partial charge in [-0.05, 0) is 55.7 Å². The highest BCUT2D eigenvalue weighted by atomic mass is 16.3. The van der Waals surface area contributed by atoms with Crippen molar-refractivity contribution in [1.82, 2.24) is 5.32 Å². The van der Waals surface area contributed by atoms with Crippen molar-refractivity contribution in [3.63, 3.8) is 0 Å². The molecule has 0 aliphatic heterocycles. The van der Waals surface area contributed by atoms with E-state index >= 15 is 0 Å². The molecule has 1 aromatic heterocycles. The second-order valence-electron chi connectivity index (χ2n) is 6.37. The number of aryl methyl sites for hydroxylation is 1. The van der Waals surface area contributed by atoms with Crippen LogP contribution in [0.2, 0.25) is 0 Å². The normalized spacial score (nSPS) is 29.4. The van der Waals surface area contributed by atoms with E-state index in [4.69, 9.17) is 4.42 Å². The molecular weight excluding hydrogens is 234 g/mol. The molecule has 1 aromatic rings. The molecule has 2 rings (SSSR count). The van der Waals surface area contributed by atoms with Gasteiger partial charge in [0.2, 0.25) is 0 Å².